The highest BCUT2D eigenvalue weighted by molar-refractivity contribution is 6.15. The molecule has 2 aromatic rings. The number of nitrogens with one attached hydrogen (secondary N) is 1. The minimum Gasteiger partial charge on any atom is -0.368 e. The van der Waals surface area contributed by atoms with E-state index in [0.717, 1.165) is 32.0 Å². The molecule has 1 spiro atoms. The lowest BCUT2D eigenvalue weighted by Gasteiger charge is -2.39. The van der Waals surface area contributed by atoms with Crippen LogP contribution in [0.3, 0.4) is 0 Å². The quantitative estimate of drug-likeness (QED) is 0.811. The first kappa shape index (κ1) is 19.0. The van der Waals surface area contributed by atoms with E-state index in [2.05, 4.69) is 50.7 Å². The molecular formula is C25H30N6. The van der Waals surface area contributed by atoms with Gasteiger partial charge >= 0.3 is 0 Å². The predicted octanol–water partition coefficient (Wildman–Crippen LogP) is 3.75. The summed E-state index contributed by atoms with van der Waals surface area (Å²) in [6.45, 7) is 4.79. The molecule has 2 aliphatic carbocycles. The maximum absolute atomic E-state index is 4.94. The smallest absolute Gasteiger partial charge is 0.134 e. The fourth-order valence-electron chi connectivity index (χ4n) is 6.02. The van der Waals surface area contributed by atoms with Crippen LogP contribution in [0.2, 0.25) is 0 Å². The molecule has 6 nitrogen and oxygen atoms in total. The van der Waals surface area contributed by atoms with Crippen LogP contribution in [0, 0.1) is 0 Å². The summed E-state index contributed by atoms with van der Waals surface area (Å²) in [5.74, 6) is 1.01. The Morgan fingerprint density at radius 3 is 2.55 bits per heavy atom. The Balaban J connectivity index is 1.41. The molecule has 2 aromatic heterocycles. The van der Waals surface area contributed by atoms with Gasteiger partial charge in [-0.2, -0.15) is 0 Å². The Bertz CT molecular complexity index is 1010. The van der Waals surface area contributed by atoms with Gasteiger partial charge in [0.05, 0.1) is 11.9 Å². The van der Waals surface area contributed by atoms with Gasteiger partial charge in [0.2, 0.25) is 0 Å². The highest BCUT2D eigenvalue weighted by atomic mass is 15.3. The van der Waals surface area contributed by atoms with Gasteiger partial charge in [-0.25, -0.2) is 4.98 Å². The van der Waals surface area contributed by atoms with Crippen molar-refractivity contribution in [2.75, 3.05) is 42.6 Å². The first-order valence-electron chi connectivity index (χ1n) is 11.8. The minimum atomic E-state index is 0.0424. The van der Waals surface area contributed by atoms with E-state index in [1.54, 1.807) is 0 Å². The van der Waals surface area contributed by atoms with Crippen molar-refractivity contribution in [3.05, 3.63) is 53.6 Å². The van der Waals surface area contributed by atoms with Gasteiger partial charge in [-0.05, 0) is 42.2 Å². The number of anilines is 2. The number of hydrogen-bond donors (Lipinski definition) is 1. The molecule has 0 unspecified atom stereocenters. The van der Waals surface area contributed by atoms with Crippen LogP contribution in [0.15, 0.2) is 47.5 Å². The molecule has 1 N–H and O–H groups in total. The lowest BCUT2D eigenvalue weighted by molar-refractivity contribution is 0.430. The number of nitrogens with zero attached hydrogens (tertiary/aromatic N) is 5. The molecule has 0 aromatic carbocycles. The van der Waals surface area contributed by atoms with Crippen LogP contribution >= 0.6 is 0 Å². The van der Waals surface area contributed by atoms with Gasteiger partial charge in [-0.15, -0.1) is 0 Å². The third-order valence-corrected chi connectivity index (χ3v) is 7.50. The number of hydrogen-bond acceptors (Lipinski definition) is 6. The van der Waals surface area contributed by atoms with Gasteiger partial charge in [0, 0.05) is 61.5 Å². The molecule has 6 rings (SSSR count). The molecule has 1 saturated carbocycles. The number of piperazine rings is 1. The summed E-state index contributed by atoms with van der Waals surface area (Å²) in [4.78, 5) is 19.0. The minimum absolute atomic E-state index is 0.0424. The summed E-state index contributed by atoms with van der Waals surface area (Å²) >= 11 is 0. The van der Waals surface area contributed by atoms with Gasteiger partial charge in [0.25, 0.3) is 0 Å². The summed E-state index contributed by atoms with van der Waals surface area (Å²) in [5.41, 5.74) is 6.66. The molecule has 31 heavy (non-hydrogen) atoms. The van der Waals surface area contributed by atoms with E-state index < -0.39 is 0 Å². The highest BCUT2D eigenvalue weighted by Gasteiger charge is 2.48. The van der Waals surface area contributed by atoms with E-state index in [0.29, 0.717) is 6.67 Å². The second-order valence-electron chi connectivity index (χ2n) is 9.17. The van der Waals surface area contributed by atoms with Gasteiger partial charge in [-0.1, -0.05) is 25.7 Å². The zero-order valence-electron chi connectivity index (χ0n) is 18.1. The van der Waals surface area contributed by atoms with Gasteiger partial charge in [0.1, 0.15) is 12.5 Å². The Hall–Kier alpha value is -2.73. The van der Waals surface area contributed by atoms with Crippen molar-refractivity contribution in [3.63, 3.8) is 0 Å². The van der Waals surface area contributed by atoms with E-state index in [1.807, 2.05) is 12.4 Å². The van der Waals surface area contributed by atoms with Crippen molar-refractivity contribution >= 4 is 23.3 Å². The second-order valence-corrected chi connectivity index (χ2v) is 9.17. The van der Waals surface area contributed by atoms with Crippen LogP contribution in [0.25, 0.3) is 5.57 Å². The highest BCUT2D eigenvalue weighted by Crippen LogP contribution is 2.55. The Morgan fingerprint density at radius 1 is 0.935 bits per heavy atom. The summed E-state index contributed by atoms with van der Waals surface area (Å²) in [5, 5.41) is 3.42. The monoisotopic (exact) mass is 414 g/mol. The summed E-state index contributed by atoms with van der Waals surface area (Å²) in [7, 11) is 0. The van der Waals surface area contributed by atoms with Crippen molar-refractivity contribution in [1.29, 1.82) is 0 Å². The third-order valence-electron chi connectivity index (χ3n) is 7.50. The van der Waals surface area contributed by atoms with Gasteiger partial charge in [0.15, 0.2) is 0 Å². The van der Waals surface area contributed by atoms with E-state index in [-0.39, 0.29) is 5.41 Å². The van der Waals surface area contributed by atoms with Gasteiger partial charge in [-0.3, -0.25) is 9.98 Å². The van der Waals surface area contributed by atoms with Crippen LogP contribution in [-0.2, 0) is 5.41 Å². The molecule has 0 radical (unpaired) electrons. The second kappa shape index (κ2) is 7.75. The Labute approximate surface area is 184 Å². The number of pyridine rings is 2. The van der Waals surface area contributed by atoms with Crippen LogP contribution in [0.5, 0.6) is 0 Å². The van der Waals surface area contributed by atoms with Crippen molar-refractivity contribution in [2.45, 2.75) is 43.9 Å². The van der Waals surface area contributed by atoms with Crippen molar-refractivity contribution < 1.29 is 0 Å². The Morgan fingerprint density at radius 2 is 1.77 bits per heavy atom. The van der Waals surface area contributed by atoms with Crippen molar-refractivity contribution in [3.8, 4) is 0 Å². The molecule has 6 heteroatoms. The van der Waals surface area contributed by atoms with Crippen LogP contribution in [0.1, 0.15) is 49.7 Å². The van der Waals surface area contributed by atoms with E-state index in [1.165, 1.54) is 66.6 Å². The fraction of sp³-hybridized carbons (Fsp3) is 0.480. The zero-order valence-corrected chi connectivity index (χ0v) is 18.1. The van der Waals surface area contributed by atoms with Crippen molar-refractivity contribution in [2.24, 2.45) is 4.99 Å². The maximum atomic E-state index is 4.94. The molecule has 2 aliphatic heterocycles. The molecule has 1 saturated heterocycles. The molecule has 0 atom stereocenters. The normalized spacial score (nSPS) is 22.5. The Kier molecular flexibility index (Phi) is 4.75. The van der Waals surface area contributed by atoms with E-state index in [9.17, 15) is 0 Å². The number of rotatable bonds is 2. The topological polar surface area (TPSA) is 56.6 Å². The number of aromatic nitrogens is 2. The molecule has 4 heterocycles. The first-order chi connectivity index (χ1) is 15.4. The third kappa shape index (κ3) is 3.07. The molecule has 2 fully saturated rings. The standard InChI is InChI=1S/C25H30N6/c1-2-4-9-25(8-3-1)22-17-27-10-7-20(22)21-16-28-18-31(24(21)25)23-6-5-19(15-29-23)30-13-11-26-12-14-30/h5-7,10,15-17,26H,1-4,8-9,11-14,18H2. The zero-order chi connectivity index (χ0) is 20.7. The average Bonchev–Trinajstić information content (AvgIpc) is 2.97. The van der Waals surface area contributed by atoms with Crippen LogP contribution in [-0.4, -0.2) is 49.0 Å². The van der Waals surface area contributed by atoms with Gasteiger partial charge < -0.3 is 15.1 Å². The molecular weight excluding hydrogens is 384 g/mol. The molecule has 0 amide bonds. The number of allylic oxidation sites excluding steroid dienone is 2. The molecule has 160 valence electrons. The predicted molar refractivity (Wildman–Crippen MR) is 126 cm³/mol. The maximum Gasteiger partial charge on any atom is 0.134 e. The summed E-state index contributed by atoms with van der Waals surface area (Å²) < 4.78 is 0. The summed E-state index contributed by atoms with van der Waals surface area (Å²) in [6.07, 6.45) is 15.7. The van der Waals surface area contributed by atoms with E-state index in [4.69, 9.17) is 9.98 Å². The first-order valence-corrected chi connectivity index (χ1v) is 11.8. The number of aliphatic imine (C=N–C) groups is 1. The van der Waals surface area contributed by atoms with Crippen LogP contribution in [0.4, 0.5) is 11.5 Å². The SMILES string of the molecule is C1=NCN(c2ccc(N3CCNCC3)cn2)C2=C1c1ccncc1C21CCCCCC1. The fourth-order valence-corrected chi connectivity index (χ4v) is 6.02. The largest absolute Gasteiger partial charge is 0.368 e. The lowest BCUT2D eigenvalue weighted by Crippen LogP contribution is -2.43. The van der Waals surface area contributed by atoms with Crippen LogP contribution < -0.4 is 15.1 Å². The number of fused-ring (bicyclic) bond motifs is 4. The average molecular weight is 415 g/mol. The van der Waals surface area contributed by atoms with Crippen molar-refractivity contribution in [1.82, 2.24) is 15.3 Å². The molecule has 0 bridgehead atoms. The lowest BCUT2D eigenvalue weighted by atomic mass is 9.74. The summed E-state index contributed by atoms with van der Waals surface area (Å²) in [6, 6.07) is 6.60. The van der Waals surface area contributed by atoms with E-state index >= 15 is 0 Å². The molecule has 4 aliphatic rings.